The van der Waals surface area contributed by atoms with Gasteiger partial charge in [-0.1, -0.05) is 55.4 Å². The summed E-state index contributed by atoms with van der Waals surface area (Å²) < 4.78 is 5.60. The van der Waals surface area contributed by atoms with E-state index in [1.807, 2.05) is 24.3 Å². The minimum Gasteiger partial charge on any atom is -0.410 e. The largest absolute Gasteiger partial charge is 0.410 e. The minimum atomic E-state index is 0.0298. The predicted molar refractivity (Wildman–Crippen MR) is 75.8 cm³/mol. The molecule has 0 spiro atoms. The van der Waals surface area contributed by atoms with Gasteiger partial charge in [0.2, 0.25) is 0 Å². The minimum absolute atomic E-state index is 0.0298. The van der Waals surface area contributed by atoms with E-state index in [1.165, 1.54) is 11.8 Å². The summed E-state index contributed by atoms with van der Waals surface area (Å²) in [6, 6.07) is 7.78. The van der Waals surface area contributed by atoms with Crippen LogP contribution < -0.4 is 5.73 Å². The number of aromatic nitrogens is 2. The molecule has 0 aliphatic heterocycles. The van der Waals surface area contributed by atoms with Crippen LogP contribution in [0.3, 0.4) is 0 Å². The van der Waals surface area contributed by atoms with Crippen LogP contribution in [0.4, 0.5) is 0 Å². The third kappa shape index (κ3) is 3.72. The number of halogens is 1. The molecule has 6 heteroatoms. The Kier molecular flexibility index (Phi) is 4.85. The van der Waals surface area contributed by atoms with Gasteiger partial charge >= 0.3 is 0 Å². The molecule has 1 heterocycles. The molecule has 0 aliphatic carbocycles. The van der Waals surface area contributed by atoms with Crippen LogP contribution in [0.25, 0.3) is 0 Å². The lowest BCUT2D eigenvalue weighted by Crippen LogP contribution is -2.56. The highest BCUT2D eigenvalue weighted by Crippen LogP contribution is 2.27. The van der Waals surface area contributed by atoms with Crippen LogP contribution in [0, 0.1) is 5.92 Å². The Morgan fingerprint density at radius 1 is 1.32 bits per heavy atom. The summed E-state index contributed by atoms with van der Waals surface area (Å²) in [6.45, 7) is 4.16. The fraction of sp³-hybridized carbons (Fsp3) is 0.385. The van der Waals surface area contributed by atoms with Gasteiger partial charge in [0.05, 0.1) is 0 Å². The molecule has 0 amide bonds. The molecule has 0 saturated carbocycles. The van der Waals surface area contributed by atoms with Crippen LogP contribution in [0.15, 0.2) is 33.9 Å². The maximum Gasteiger partial charge on any atom is 0.277 e. The van der Waals surface area contributed by atoms with Crippen molar-refractivity contribution < 1.29 is 10.2 Å². The van der Waals surface area contributed by atoms with Crippen LogP contribution in [0.1, 0.15) is 31.3 Å². The zero-order valence-corrected chi connectivity index (χ0v) is 12.5. The molecule has 0 saturated heterocycles. The van der Waals surface area contributed by atoms with Crippen LogP contribution in [0.2, 0.25) is 5.02 Å². The Hall–Kier alpha value is -1.04. The highest BCUT2D eigenvalue weighted by Gasteiger charge is 2.21. The molecule has 3 N–H and O–H groups in total. The maximum atomic E-state index is 6.10. The number of rotatable bonds is 5. The van der Waals surface area contributed by atoms with Gasteiger partial charge in [0.25, 0.3) is 11.1 Å². The molecule has 102 valence electrons. The van der Waals surface area contributed by atoms with Gasteiger partial charge in [0, 0.05) is 16.7 Å². The van der Waals surface area contributed by atoms with Crippen molar-refractivity contribution in [1.82, 2.24) is 10.2 Å². The number of hydrogen-bond donors (Lipinski definition) is 1. The van der Waals surface area contributed by atoms with Gasteiger partial charge in [0.1, 0.15) is 0 Å². The van der Waals surface area contributed by atoms with Crippen LogP contribution in [0.5, 0.6) is 0 Å². The topological polar surface area (TPSA) is 66.6 Å². The first-order valence-electron chi connectivity index (χ1n) is 6.10. The van der Waals surface area contributed by atoms with Crippen molar-refractivity contribution in [2.24, 2.45) is 5.92 Å². The van der Waals surface area contributed by atoms with E-state index in [9.17, 15) is 0 Å². The van der Waals surface area contributed by atoms with Gasteiger partial charge in [0.15, 0.2) is 6.04 Å². The summed E-state index contributed by atoms with van der Waals surface area (Å²) in [5.41, 5.74) is 5.09. The zero-order chi connectivity index (χ0) is 13.8. The summed E-state index contributed by atoms with van der Waals surface area (Å²) >= 11 is 7.58. The number of thioether (sulfide) groups is 1. The molecule has 0 radical (unpaired) electrons. The van der Waals surface area contributed by atoms with E-state index in [2.05, 4.69) is 29.8 Å². The lowest BCUT2D eigenvalue weighted by molar-refractivity contribution is -0.443. The lowest BCUT2D eigenvalue weighted by Gasteiger charge is -2.06. The number of benzene rings is 1. The Labute approximate surface area is 121 Å². The third-order valence-electron chi connectivity index (χ3n) is 2.85. The molecule has 1 aromatic heterocycles. The first kappa shape index (κ1) is 14.4. The van der Waals surface area contributed by atoms with Crippen LogP contribution in [-0.2, 0) is 5.75 Å². The highest BCUT2D eigenvalue weighted by molar-refractivity contribution is 7.98. The maximum absolute atomic E-state index is 6.10. The van der Waals surface area contributed by atoms with Gasteiger partial charge in [-0.25, -0.2) is 0 Å². The number of quaternary nitrogens is 1. The van der Waals surface area contributed by atoms with Crippen molar-refractivity contribution in [2.75, 3.05) is 0 Å². The normalized spacial score (nSPS) is 12.9. The predicted octanol–water partition coefficient (Wildman–Crippen LogP) is 2.95. The summed E-state index contributed by atoms with van der Waals surface area (Å²) in [4.78, 5) is 0. The Morgan fingerprint density at radius 2 is 2.05 bits per heavy atom. The average molecular weight is 299 g/mol. The van der Waals surface area contributed by atoms with Crippen LogP contribution >= 0.6 is 23.4 Å². The van der Waals surface area contributed by atoms with Crippen molar-refractivity contribution in [3.63, 3.8) is 0 Å². The van der Waals surface area contributed by atoms with E-state index in [0.717, 1.165) is 10.6 Å². The summed E-state index contributed by atoms with van der Waals surface area (Å²) in [6.07, 6.45) is 0. The molecule has 0 fully saturated rings. The van der Waals surface area contributed by atoms with Gasteiger partial charge in [-0.2, -0.15) is 0 Å². The van der Waals surface area contributed by atoms with Crippen molar-refractivity contribution in [3.05, 3.63) is 40.7 Å². The van der Waals surface area contributed by atoms with Gasteiger partial charge in [-0.3, -0.25) is 0 Å². The van der Waals surface area contributed by atoms with Gasteiger partial charge in [-0.05, 0) is 11.6 Å². The highest BCUT2D eigenvalue weighted by atomic mass is 35.5. The molecule has 2 rings (SSSR count). The molecule has 1 aromatic carbocycles. The first-order chi connectivity index (χ1) is 9.08. The van der Waals surface area contributed by atoms with E-state index in [4.69, 9.17) is 16.0 Å². The molecular weight excluding hydrogens is 282 g/mol. The van der Waals surface area contributed by atoms with E-state index >= 15 is 0 Å². The molecule has 4 nitrogen and oxygen atoms in total. The van der Waals surface area contributed by atoms with E-state index in [1.54, 1.807) is 0 Å². The van der Waals surface area contributed by atoms with Crippen molar-refractivity contribution in [2.45, 2.75) is 30.9 Å². The van der Waals surface area contributed by atoms with E-state index < -0.39 is 0 Å². The molecule has 0 unspecified atom stereocenters. The number of nitrogens with zero attached hydrogens (tertiary/aromatic N) is 2. The van der Waals surface area contributed by atoms with E-state index in [-0.39, 0.29) is 6.04 Å². The van der Waals surface area contributed by atoms with Crippen molar-refractivity contribution in [3.8, 4) is 0 Å². The molecular formula is C13H17ClN3OS+. The molecule has 2 aromatic rings. The number of hydrogen-bond acceptors (Lipinski definition) is 4. The fourth-order valence-corrected chi connectivity index (χ4v) is 2.52. The van der Waals surface area contributed by atoms with Crippen molar-refractivity contribution in [1.29, 1.82) is 0 Å². The first-order valence-corrected chi connectivity index (χ1v) is 7.47. The average Bonchev–Trinajstić information content (AvgIpc) is 2.85. The fourth-order valence-electron chi connectivity index (χ4n) is 1.47. The summed E-state index contributed by atoms with van der Waals surface area (Å²) in [5.74, 6) is 1.68. The second kappa shape index (κ2) is 6.41. The molecule has 1 atom stereocenters. The smallest absolute Gasteiger partial charge is 0.277 e. The molecule has 19 heavy (non-hydrogen) atoms. The van der Waals surface area contributed by atoms with Gasteiger partial charge in [-0.15, -0.1) is 10.2 Å². The quantitative estimate of drug-likeness (QED) is 0.862. The standard InChI is InChI=1S/C13H16ClN3OS/c1-8(2)11(15)12-16-17-13(18-12)19-7-9-5-3-4-6-10(9)14/h3-6,8,11H,7,15H2,1-2H3/p+1/t11-/m1/s1. The van der Waals surface area contributed by atoms with Crippen molar-refractivity contribution >= 4 is 23.4 Å². The van der Waals surface area contributed by atoms with Gasteiger partial charge < -0.3 is 10.2 Å². The Morgan fingerprint density at radius 3 is 2.74 bits per heavy atom. The lowest BCUT2D eigenvalue weighted by atomic mass is 10.1. The Bertz CT molecular complexity index is 544. The summed E-state index contributed by atoms with van der Waals surface area (Å²) in [7, 11) is 0. The third-order valence-corrected chi connectivity index (χ3v) is 4.09. The van der Waals surface area contributed by atoms with Crippen LogP contribution in [-0.4, -0.2) is 10.2 Å². The second-order valence-corrected chi connectivity index (χ2v) is 5.97. The Balaban J connectivity index is 1.99. The zero-order valence-electron chi connectivity index (χ0n) is 11.0. The SMILES string of the molecule is CC(C)[C@@H]([NH3+])c1nnc(SCc2ccccc2Cl)o1. The van der Waals surface area contributed by atoms with E-state index in [0.29, 0.717) is 22.8 Å². The monoisotopic (exact) mass is 298 g/mol. The molecule has 0 bridgehead atoms. The molecule has 0 aliphatic rings. The summed E-state index contributed by atoms with van der Waals surface area (Å²) in [5, 5.41) is 9.38. The second-order valence-electron chi connectivity index (χ2n) is 4.64.